The number of amides is 1. The van der Waals surface area contributed by atoms with Gasteiger partial charge in [-0.1, -0.05) is 30.3 Å². The van der Waals surface area contributed by atoms with Gasteiger partial charge in [0.1, 0.15) is 0 Å². The van der Waals surface area contributed by atoms with Gasteiger partial charge in [-0.15, -0.1) is 24.0 Å². The zero-order valence-electron chi connectivity index (χ0n) is 16.4. The van der Waals surface area contributed by atoms with Gasteiger partial charge < -0.3 is 20.7 Å². The minimum atomic E-state index is -0.0736. The largest absolute Gasteiger partial charge is 0.383 e. The fraction of sp³-hybridized carbons (Fsp3) is 0.579. The normalized spacial score (nSPS) is 20.0. The van der Waals surface area contributed by atoms with E-state index in [9.17, 15) is 4.79 Å². The first-order valence-electron chi connectivity index (χ1n) is 9.13. The van der Waals surface area contributed by atoms with Gasteiger partial charge >= 0.3 is 0 Å². The highest BCUT2D eigenvalue weighted by molar-refractivity contribution is 14.0. The highest BCUT2D eigenvalue weighted by Crippen LogP contribution is 2.20. The number of aliphatic imine (C=N–C) groups is 1. The van der Waals surface area contributed by atoms with Gasteiger partial charge in [0.2, 0.25) is 5.91 Å². The van der Waals surface area contributed by atoms with Crippen LogP contribution in [0.2, 0.25) is 0 Å². The van der Waals surface area contributed by atoms with E-state index in [0.29, 0.717) is 31.2 Å². The standard InChI is InChI=1S/C19H31N5O2.HI/c1-15-11-17(14-24(15)13-16-7-5-4-6-8-16)23-19(20-2)22-12-18(25)21-9-10-26-3;/h4-8,15,17H,9-14H2,1-3H3,(H,21,25)(H2,20,22,23);1H. The minimum absolute atomic E-state index is 0. The summed E-state index contributed by atoms with van der Waals surface area (Å²) in [6, 6.07) is 11.3. The number of nitrogens with zero attached hydrogens (tertiary/aromatic N) is 2. The third-order valence-corrected chi connectivity index (χ3v) is 4.54. The number of rotatable bonds is 8. The molecule has 7 nitrogen and oxygen atoms in total. The van der Waals surface area contributed by atoms with Crippen molar-refractivity contribution in [3.63, 3.8) is 0 Å². The molecule has 0 aromatic heterocycles. The van der Waals surface area contributed by atoms with Gasteiger partial charge in [-0.3, -0.25) is 14.7 Å². The van der Waals surface area contributed by atoms with Crippen molar-refractivity contribution in [3.8, 4) is 0 Å². The van der Waals surface area contributed by atoms with E-state index in [1.807, 2.05) is 6.07 Å². The molecule has 1 aromatic rings. The van der Waals surface area contributed by atoms with Crippen LogP contribution in [-0.2, 0) is 16.1 Å². The van der Waals surface area contributed by atoms with Crippen molar-refractivity contribution >= 4 is 35.8 Å². The van der Waals surface area contributed by atoms with Crippen molar-refractivity contribution in [3.05, 3.63) is 35.9 Å². The van der Waals surface area contributed by atoms with Crippen molar-refractivity contribution in [1.29, 1.82) is 0 Å². The molecule has 1 amide bonds. The quantitative estimate of drug-likeness (QED) is 0.222. The number of carbonyl (C=O) groups is 1. The van der Waals surface area contributed by atoms with Crippen LogP contribution in [0.5, 0.6) is 0 Å². The van der Waals surface area contributed by atoms with Gasteiger partial charge in [0.05, 0.1) is 13.2 Å². The van der Waals surface area contributed by atoms with E-state index >= 15 is 0 Å². The first kappa shape index (κ1) is 23.6. The third-order valence-electron chi connectivity index (χ3n) is 4.54. The number of guanidine groups is 1. The lowest BCUT2D eigenvalue weighted by molar-refractivity contribution is -0.120. The molecule has 1 aromatic carbocycles. The highest BCUT2D eigenvalue weighted by atomic mass is 127. The summed E-state index contributed by atoms with van der Waals surface area (Å²) >= 11 is 0. The zero-order valence-corrected chi connectivity index (χ0v) is 18.7. The molecule has 2 unspecified atom stereocenters. The molecule has 1 aliphatic heterocycles. The predicted molar refractivity (Wildman–Crippen MR) is 120 cm³/mol. The van der Waals surface area contributed by atoms with Crippen LogP contribution in [0.3, 0.4) is 0 Å². The topological polar surface area (TPSA) is 78.0 Å². The molecule has 1 heterocycles. The maximum absolute atomic E-state index is 11.8. The van der Waals surface area contributed by atoms with Crippen LogP contribution >= 0.6 is 24.0 Å². The van der Waals surface area contributed by atoms with Crippen molar-refractivity contribution in [2.75, 3.05) is 40.4 Å². The van der Waals surface area contributed by atoms with Crippen LogP contribution in [-0.4, -0.2) is 69.2 Å². The van der Waals surface area contributed by atoms with Crippen molar-refractivity contribution in [2.24, 2.45) is 4.99 Å². The molecule has 152 valence electrons. The van der Waals surface area contributed by atoms with E-state index in [4.69, 9.17) is 4.74 Å². The lowest BCUT2D eigenvalue weighted by Crippen LogP contribution is -2.47. The fourth-order valence-electron chi connectivity index (χ4n) is 3.15. The average molecular weight is 489 g/mol. The summed E-state index contributed by atoms with van der Waals surface area (Å²) in [5, 5.41) is 9.28. The molecule has 0 bridgehead atoms. The third kappa shape index (κ3) is 8.44. The Balaban J connectivity index is 0.00000364. The van der Waals surface area contributed by atoms with Crippen molar-refractivity contribution in [2.45, 2.75) is 32.0 Å². The average Bonchev–Trinajstić information content (AvgIpc) is 2.98. The van der Waals surface area contributed by atoms with Crippen LogP contribution in [0.4, 0.5) is 0 Å². The lowest BCUT2D eigenvalue weighted by atomic mass is 10.2. The van der Waals surface area contributed by atoms with E-state index in [-0.39, 0.29) is 36.4 Å². The monoisotopic (exact) mass is 489 g/mol. The molecule has 1 saturated heterocycles. The number of hydrogen-bond acceptors (Lipinski definition) is 4. The predicted octanol–water partition coefficient (Wildman–Crippen LogP) is 1.20. The van der Waals surface area contributed by atoms with Crippen LogP contribution in [0.1, 0.15) is 18.9 Å². The number of methoxy groups -OCH3 is 1. The molecule has 0 radical (unpaired) electrons. The van der Waals surface area contributed by atoms with Gasteiger partial charge in [0.15, 0.2) is 5.96 Å². The van der Waals surface area contributed by atoms with Crippen molar-refractivity contribution in [1.82, 2.24) is 20.9 Å². The van der Waals surface area contributed by atoms with Gasteiger partial charge in [0.25, 0.3) is 0 Å². The SMILES string of the molecule is CN=C(NCC(=O)NCCOC)NC1CC(C)N(Cc2ccccc2)C1.I. The van der Waals surface area contributed by atoms with Gasteiger partial charge in [-0.05, 0) is 18.9 Å². The molecule has 27 heavy (non-hydrogen) atoms. The van der Waals surface area contributed by atoms with Crippen LogP contribution in [0.25, 0.3) is 0 Å². The van der Waals surface area contributed by atoms with Crippen LogP contribution in [0, 0.1) is 0 Å². The Morgan fingerprint density at radius 1 is 1.30 bits per heavy atom. The number of halogens is 1. The van der Waals surface area contributed by atoms with Gasteiger partial charge in [0, 0.05) is 45.9 Å². The second-order valence-corrected chi connectivity index (χ2v) is 6.61. The number of ether oxygens (including phenoxy) is 1. The Bertz CT molecular complexity index is 585. The molecule has 1 fully saturated rings. The maximum Gasteiger partial charge on any atom is 0.239 e. The number of benzene rings is 1. The molecule has 1 aliphatic rings. The lowest BCUT2D eigenvalue weighted by Gasteiger charge is -2.21. The zero-order chi connectivity index (χ0) is 18.8. The highest BCUT2D eigenvalue weighted by Gasteiger charge is 2.29. The first-order chi connectivity index (χ1) is 12.6. The molecule has 2 rings (SSSR count). The first-order valence-corrected chi connectivity index (χ1v) is 9.13. The second kappa shape index (κ2) is 12.9. The Hall–Kier alpha value is -1.39. The summed E-state index contributed by atoms with van der Waals surface area (Å²) in [5.74, 6) is 0.584. The molecule has 0 spiro atoms. The van der Waals surface area contributed by atoms with Crippen LogP contribution < -0.4 is 16.0 Å². The number of nitrogens with one attached hydrogen (secondary N) is 3. The molecular weight excluding hydrogens is 457 g/mol. The number of likely N-dealkylation sites (tertiary alicyclic amines) is 1. The van der Waals surface area contributed by atoms with Crippen LogP contribution in [0.15, 0.2) is 35.3 Å². The molecular formula is C19H32IN5O2. The van der Waals surface area contributed by atoms with E-state index in [1.165, 1.54) is 5.56 Å². The summed E-state index contributed by atoms with van der Waals surface area (Å²) in [5.41, 5.74) is 1.33. The molecule has 0 saturated carbocycles. The Labute approximate surface area is 179 Å². The number of hydrogen-bond donors (Lipinski definition) is 3. The number of carbonyl (C=O) groups excluding carboxylic acids is 1. The summed E-state index contributed by atoms with van der Waals surface area (Å²) in [6.07, 6.45) is 1.05. The Kier molecular flexibility index (Phi) is 11.3. The molecule has 0 aliphatic carbocycles. The van der Waals surface area contributed by atoms with E-state index in [2.05, 4.69) is 57.0 Å². The fourth-order valence-corrected chi connectivity index (χ4v) is 3.15. The maximum atomic E-state index is 11.8. The summed E-state index contributed by atoms with van der Waals surface area (Å²) in [7, 11) is 3.33. The van der Waals surface area contributed by atoms with Gasteiger partial charge in [-0.25, -0.2) is 0 Å². The summed E-state index contributed by atoms with van der Waals surface area (Å²) in [6.45, 7) is 5.38. The molecule has 8 heteroatoms. The van der Waals surface area contributed by atoms with E-state index < -0.39 is 0 Å². The summed E-state index contributed by atoms with van der Waals surface area (Å²) < 4.78 is 4.91. The Morgan fingerprint density at radius 3 is 2.70 bits per heavy atom. The van der Waals surface area contributed by atoms with Gasteiger partial charge in [-0.2, -0.15) is 0 Å². The second-order valence-electron chi connectivity index (χ2n) is 6.61. The van der Waals surface area contributed by atoms with E-state index in [1.54, 1.807) is 14.2 Å². The molecule has 2 atom stereocenters. The molecule has 3 N–H and O–H groups in total. The summed E-state index contributed by atoms with van der Waals surface area (Å²) in [4.78, 5) is 18.5. The van der Waals surface area contributed by atoms with E-state index in [0.717, 1.165) is 19.5 Å². The minimum Gasteiger partial charge on any atom is -0.383 e. The Morgan fingerprint density at radius 2 is 2.04 bits per heavy atom. The smallest absolute Gasteiger partial charge is 0.239 e. The van der Waals surface area contributed by atoms with Crippen molar-refractivity contribution < 1.29 is 9.53 Å².